The second kappa shape index (κ2) is 8.58. The molecule has 2 atom stereocenters. The number of aliphatic hydroxyl groups is 2. The maximum absolute atomic E-state index is 12.8. The lowest BCUT2D eigenvalue weighted by molar-refractivity contribution is 0.0984. The molecular formula is C17H27FN2O2. The van der Waals surface area contributed by atoms with Gasteiger partial charge in [0.15, 0.2) is 0 Å². The maximum Gasteiger partial charge on any atom is 0.123 e. The number of β-amino-alcohol motifs (C(OH)–C–C–N with tert-alkyl or cyclic N) is 1. The van der Waals surface area contributed by atoms with E-state index in [1.165, 1.54) is 12.1 Å². The summed E-state index contributed by atoms with van der Waals surface area (Å²) in [6.45, 7) is 6.00. The first-order valence-corrected chi connectivity index (χ1v) is 8.09. The lowest BCUT2D eigenvalue weighted by Crippen LogP contribution is -2.40. The van der Waals surface area contributed by atoms with E-state index in [4.69, 9.17) is 0 Å². The van der Waals surface area contributed by atoms with Crippen molar-refractivity contribution in [3.05, 3.63) is 35.6 Å². The Bertz CT molecular complexity index is 431. The minimum Gasteiger partial charge on any atom is -0.392 e. The quantitative estimate of drug-likeness (QED) is 0.715. The molecule has 124 valence electrons. The molecule has 1 fully saturated rings. The number of piperidine rings is 1. The van der Waals surface area contributed by atoms with E-state index in [1.54, 1.807) is 12.1 Å². The van der Waals surface area contributed by atoms with Gasteiger partial charge in [-0.05, 0) is 63.0 Å². The van der Waals surface area contributed by atoms with Gasteiger partial charge in [0, 0.05) is 13.1 Å². The first kappa shape index (κ1) is 17.3. The Morgan fingerprint density at radius 2 is 1.86 bits per heavy atom. The van der Waals surface area contributed by atoms with Crippen molar-refractivity contribution in [2.24, 2.45) is 5.92 Å². The van der Waals surface area contributed by atoms with Gasteiger partial charge in [-0.1, -0.05) is 12.1 Å². The van der Waals surface area contributed by atoms with E-state index in [9.17, 15) is 14.6 Å². The lowest BCUT2D eigenvalue weighted by atomic mass is 9.96. The zero-order valence-electron chi connectivity index (χ0n) is 13.2. The van der Waals surface area contributed by atoms with Crippen LogP contribution in [0.4, 0.5) is 4.39 Å². The molecule has 1 heterocycles. The molecular weight excluding hydrogens is 283 g/mol. The summed E-state index contributed by atoms with van der Waals surface area (Å²) in [6, 6.07) is 5.99. The highest BCUT2D eigenvalue weighted by Crippen LogP contribution is 2.17. The van der Waals surface area contributed by atoms with E-state index in [0.29, 0.717) is 12.5 Å². The molecule has 0 amide bonds. The number of benzene rings is 1. The van der Waals surface area contributed by atoms with Crippen LogP contribution in [0.15, 0.2) is 24.3 Å². The van der Waals surface area contributed by atoms with Crippen LogP contribution in [0.2, 0.25) is 0 Å². The van der Waals surface area contributed by atoms with Crippen LogP contribution >= 0.6 is 0 Å². The average molecular weight is 310 g/mol. The van der Waals surface area contributed by atoms with E-state index in [0.717, 1.165) is 44.6 Å². The molecule has 1 saturated heterocycles. The molecule has 2 rings (SSSR count). The van der Waals surface area contributed by atoms with E-state index in [1.807, 2.05) is 6.92 Å². The molecule has 1 aromatic rings. The Kier molecular flexibility index (Phi) is 6.76. The first-order chi connectivity index (χ1) is 10.5. The molecule has 4 nitrogen and oxygen atoms in total. The van der Waals surface area contributed by atoms with Crippen molar-refractivity contribution in [3.8, 4) is 0 Å². The summed E-state index contributed by atoms with van der Waals surface area (Å²) < 4.78 is 12.8. The van der Waals surface area contributed by atoms with Crippen molar-refractivity contribution in [1.82, 2.24) is 10.2 Å². The summed E-state index contributed by atoms with van der Waals surface area (Å²) in [5.41, 5.74) is 0.737. The van der Waals surface area contributed by atoms with Crippen LogP contribution in [0, 0.1) is 11.7 Å². The molecule has 3 N–H and O–H groups in total. The molecule has 1 aliphatic rings. The Balaban J connectivity index is 1.64. The highest BCUT2D eigenvalue weighted by atomic mass is 19.1. The van der Waals surface area contributed by atoms with Gasteiger partial charge in [-0.15, -0.1) is 0 Å². The number of halogens is 1. The van der Waals surface area contributed by atoms with Crippen LogP contribution in [-0.2, 0) is 0 Å². The molecule has 0 saturated carbocycles. The van der Waals surface area contributed by atoms with Gasteiger partial charge in [-0.25, -0.2) is 4.39 Å². The third-order valence-electron chi connectivity index (χ3n) is 4.26. The van der Waals surface area contributed by atoms with Crippen LogP contribution in [0.1, 0.15) is 31.4 Å². The molecule has 0 aliphatic carbocycles. The van der Waals surface area contributed by atoms with Gasteiger partial charge < -0.3 is 20.4 Å². The van der Waals surface area contributed by atoms with Crippen LogP contribution in [0.25, 0.3) is 0 Å². The van der Waals surface area contributed by atoms with Crippen LogP contribution in [-0.4, -0.2) is 53.9 Å². The third-order valence-corrected chi connectivity index (χ3v) is 4.26. The number of likely N-dealkylation sites (tertiary alicyclic amines) is 1. The largest absolute Gasteiger partial charge is 0.392 e. The van der Waals surface area contributed by atoms with Crippen molar-refractivity contribution in [2.45, 2.75) is 32.0 Å². The highest BCUT2D eigenvalue weighted by Gasteiger charge is 2.20. The monoisotopic (exact) mass is 310 g/mol. The second-order valence-corrected chi connectivity index (χ2v) is 6.32. The van der Waals surface area contributed by atoms with Crippen LogP contribution < -0.4 is 5.32 Å². The van der Waals surface area contributed by atoms with Crippen molar-refractivity contribution in [2.75, 3.05) is 32.7 Å². The fourth-order valence-electron chi connectivity index (χ4n) is 2.97. The van der Waals surface area contributed by atoms with Gasteiger partial charge in [-0.3, -0.25) is 0 Å². The summed E-state index contributed by atoms with van der Waals surface area (Å²) in [5.74, 6) is 0.332. The number of rotatable bonds is 7. The summed E-state index contributed by atoms with van der Waals surface area (Å²) >= 11 is 0. The number of nitrogens with one attached hydrogen (secondary N) is 1. The smallest absolute Gasteiger partial charge is 0.123 e. The second-order valence-electron chi connectivity index (χ2n) is 6.32. The molecule has 22 heavy (non-hydrogen) atoms. The number of nitrogens with zero attached hydrogens (tertiary/aromatic N) is 1. The first-order valence-electron chi connectivity index (χ1n) is 8.09. The molecule has 1 aliphatic heterocycles. The van der Waals surface area contributed by atoms with E-state index < -0.39 is 6.10 Å². The molecule has 0 spiro atoms. The molecule has 0 unspecified atom stereocenters. The predicted octanol–water partition coefficient (Wildman–Crippen LogP) is 1.54. The van der Waals surface area contributed by atoms with Gasteiger partial charge in [0.25, 0.3) is 0 Å². The molecule has 5 heteroatoms. The minimum absolute atomic E-state index is 0.263. The summed E-state index contributed by atoms with van der Waals surface area (Å²) in [5, 5.41) is 22.8. The summed E-state index contributed by atoms with van der Waals surface area (Å²) in [6.07, 6.45) is 1.37. The van der Waals surface area contributed by atoms with E-state index in [-0.39, 0.29) is 11.9 Å². The maximum atomic E-state index is 12.8. The standard InChI is InChI=1S/C17H27FN2O2/c1-13(21)12-20-8-6-14(7-9-20)10-19-11-17(22)15-2-4-16(18)5-3-15/h2-5,13-14,17,19,21-22H,6-12H2,1H3/t13-,17+/m1/s1. The number of aliphatic hydroxyl groups excluding tert-OH is 2. The third kappa shape index (κ3) is 5.65. The van der Waals surface area contributed by atoms with Gasteiger partial charge in [0.05, 0.1) is 12.2 Å². The Morgan fingerprint density at radius 3 is 2.45 bits per heavy atom. The SMILES string of the molecule is C[C@@H](O)CN1CCC(CNC[C@H](O)c2ccc(F)cc2)CC1. The minimum atomic E-state index is -0.601. The van der Waals surface area contributed by atoms with Crippen LogP contribution in [0.3, 0.4) is 0 Å². The van der Waals surface area contributed by atoms with Gasteiger partial charge in [0.2, 0.25) is 0 Å². The molecule has 0 aromatic heterocycles. The lowest BCUT2D eigenvalue weighted by Gasteiger charge is -2.32. The summed E-state index contributed by atoms with van der Waals surface area (Å²) in [7, 11) is 0. The van der Waals surface area contributed by atoms with E-state index in [2.05, 4.69) is 10.2 Å². The highest BCUT2D eigenvalue weighted by molar-refractivity contribution is 5.18. The normalized spacial score (nSPS) is 20.0. The average Bonchev–Trinajstić information content (AvgIpc) is 2.49. The van der Waals surface area contributed by atoms with Crippen LogP contribution in [0.5, 0.6) is 0 Å². The van der Waals surface area contributed by atoms with Gasteiger partial charge >= 0.3 is 0 Å². The Hall–Kier alpha value is -1.01. The molecule has 1 aromatic carbocycles. The topological polar surface area (TPSA) is 55.7 Å². The zero-order valence-corrected chi connectivity index (χ0v) is 13.2. The van der Waals surface area contributed by atoms with Gasteiger partial charge in [-0.2, -0.15) is 0 Å². The van der Waals surface area contributed by atoms with Crippen molar-refractivity contribution < 1.29 is 14.6 Å². The summed E-state index contributed by atoms with van der Waals surface area (Å²) in [4.78, 5) is 2.30. The molecule has 0 bridgehead atoms. The molecule has 0 radical (unpaired) electrons. The predicted molar refractivity (Wildman–Crippen MR) is 85.1 cm³/mol. The van der Waals surface area contributed by atoms with Crippen molar-refractivity contribution in [1.29, 1.82) is 0 Å². The zero-order chi connectivity index (χ0) is 15.9. The number of hydrogen-bond donors (Lipinski definition) is 3. The van der Waals surface area contributed by atoms with Crippen molar-refractivity contribution >= 4 is 0 Å². The van der Waals surface area contributed by atoms with Crippen molar-refractivity contribution in [3.63, 3.8) is 0 Å². The fourth-order valence-corrected chi connectivity index (χ4v) is 2.97. The Morgan fingerprint density at radius 1 is 1.23 bits per heavy atom. The fraction of sp³-hybridized carbons (Fsp3) is 0.647. The number of hydrogen-bond acceptors (Lipinski definition) is 4. The van der Waals surface area contributed by atoms with E-state index >= 15 is 0 Å². The van der Waals surface area contributed by atoms with Gasteiger partial charge in [0.1, 0.15) is 5.82 Å². The Labute approximate surface area is 132 Å².